The lowest BCUT2D eigenvalue weighted by Crippen LogP contribution is -1.91. The van der Waals surface area contributed by atoms with Crippen LogP contribution in [0.1, 0.15) is 19.2 Å². The first-order valence-corrected chi connectivity index (χ1v) is 6.63. The molecule has 0 aliphatic rings. The molecule has 0 spiro atoms. The molecule has 3 aromatic rings. The topological polar surface area (TPSA) is 54.5 Å². The van der Waals surface area contributed by atoms with E-state index in [2.05, 4.69) is 26.9 Å². The summed E-state index contributed by atoms with van der Waals surface area (Å²) in [5, 5.41) is 0.415. The van der Waals surface area contributed by atoms with Gasteiger partial charge in [-0.05, 0) is 6.42 Å². The van der Waals surface area contributed by atoms with E-state index in [-0.39, 0.29) is 0 Å². The van der Waals surface area contributed by atoms with E-state index in [1.807, 2.05) is 30.3 Å². The molecule has 4 nitrogen and oxygen atoms in total. The number of hydrogen-bond donors (Lipinski definition) is 1. The maximum atomic E-state index is 6.20. The molecule has 1 aromatic carbocycles. The lowest BCUT2D eigenvalue weighted by Gasteiger charge is -2.00. The van der Waals surface area contributed by atoms with Gasteiger partial charge in [-0.15, -0.1) is 0 Å². The van der Waals surface area contributed by atoms with Gasteiger partial charge in [-0.1, -0.05) is 48.9 Å². The highest BCUT2D eigenvalue weighted by molar-refractivity contribution is 6.33. The van der Waals surface area contributed by atoms with Crippen molar-refractivity contribution in [3.8, 4) is 11.4 Å². The van der Waals surface area contributed by atoms with Gasteiger partial charge in [-0.2, -0.15) is 0 Å². The van der Waals surface area contributed by atoms with E-state index in [0.717, 1.165) is 24.2 Å². The highest BCUT2D eigenvalue weighted by atomic mass is 35.5. The molecule has 0 atom stereocenters. The van der Waals surface area contributed by atoms with Gasteiger partial charge in [0.2, 0.25) is 0 Å². The summed E-state index contributed by atoms with van der Waals surface area (Å²) < 4.78 is 0. The smallest absolute Gasteiger partial charge is 0.183 e. The van der Waals surface area contributed by atoms with Crippen LogP contribution in [0.2, 0.25) is 5.15 Å². The number of benzene rings is 1. The number of aryl methyl sites for hydroxylation is 1. The van der Waals surface area contributed by atoms with Crippen LogP contribution in [0.3, 0.4) is 0 Å². The molecule has 0 aliphatic heterocycles. The van der Waals surface area contributed by atoms with Crippen LogP contribution >= 0.6 is 11.6 Å². The minimum absolute atomic E-state index is 0.415. The number of aromatic amines is 1. The standard InChI is InChI=1S/C14H13ClN4/c1-2-6-10-16-11-12(15)18-13(19-14(11)17-10)9-7-4-3-5-8-9/h3-5,7-8H,2,6H2,1H3,(H,16,17,18,19). The fourth-order valence-electron chi connectivity index (χ4n) is 1.98. The second kappa shape index (κ2) is 4.97. The highest BCUT2D eigenvalue weighted by Crippen LogP contribution is 2.23. The first kappa shape index (κ1) is 12.1. The van der Waals surface area contributed by atoms with E-state index < -0.39 is 0 Å². The van der Waals surface area contributed by atoms with Crippen molar-refractivity contribution in [1.29, 1.82) is 0 Å². The van der Waals surface area contributed by atoms with E-state index in [9.17, 15) is 0 Å². The minimum atomic E-state index is 0.415. The number of nitrogens with zero attached hydrogens (tertiary/aromatic N) is 3. The average molecular weight is 273 g/mol. The summed E-state index contributed by atoms with van der Waals surface area (Å²) >= 11 is 6.20. The number of aromatic nitrogens is 4. The molecule has 96 valence electrons. The molecule has 0 fully saturated rings. The Bertz CT molecular complexity index is 706. The molecule has 2 aromatic heterocycles. The van der Waals surface area contributed by atoms with Crippen LogP contribution < -0.4 is 0 Å². The Balaban J connectivity index is 2.13. The normalized spacial score (nSPS) is 11.1. The van der Waals surface area contributed by atoms with Crippen molar-refractivity contribution in [2.45, 2.75) is 19.8 Å². The predicted octanol–water partition coefficient (Wildman–Crippen LogP) is 3.63. The molecule has 0 amide bonds. The van der Waals surface area contributed by atoms with Crippen LogP contribution in [0.25, 0.3) is 22.6 Å². The summed E-state index contributed by atoms with van der Waals surface area (Å²) in [6.45, 7) is 2.11. The Morgan fingerprint density at radius 1 is 1.11 bits per heavy atom. The van der Waals surface area contributed by atoms with E-state index in [4.69, 9.17) is 11.6 Å². The molecule has 0 unspecified atom stereocenters. The minimum Gasteiger partial charge on any atom is -0.338 e. The third-order valence-electron chi connectivity index (χ3n) is 2.87. The van der Waals surface area contributed by atoms with Gasteiger partial charge in [-0.3, -0.25) is 0 Å². The molecule has 0 aliphatic carbocycles. The van der Waals surface area contributed by atoms with Crippen molar-refractivity contribution in [2.24, 2.45) is 0 Å². The third kappa shape index (κ3) is 2.31. The number of hydrogen-bond acceptors (Lipinski definition) is 3. The molecular formula is C14H13ClN4. The van der Waals surface area contributed by atoms with Crippen molar-refractivity contribution in [3.63, 3.8) is 0 Å². The van der Waals surface area contributed by atoms with E-state index >= 15 is 0 Å². The van der Waals surface area contributed by atoms with E-state index in [1.165, 1.54) is 0 Å². The molecule has 0 bridgehead atoms. The summed E-state index contributed by atoms with van der Waals surface area (Å²) in [5.41, 5.74) is 2.28. The number of halogens is 1. The molecule has 19 heavy (non-hydrogen) atoms. The average Bonchev–Trinajstić information content (AvgIpc) is 2.83. The Hall–Kier alpha value is -1.94. The molecule has 0 saturated carbocycles. The number of H-pyrrole nitrogens is 1. The lowest BCUT2D eigenvalue weighted by atomic mass is 10.2. The van der Waals surface area contributed by atoms with Crippen LogP contribution in [0.5, 0.6) is 0 Å². The summed E-state index contributed by atoms with van der Waals surface area (Å²) in [7, 11) is 0. The summed E-state index contributed by atoms with van der Waals surface area (Å²) in [4.78, 5) is 16.4. The van der Waals surface area contributed by atoms with Crippen LogP contribution in [0, 0.1) is 0 Å². The largest absolute Gasteiger partial charge is 0.338 e. The van der Waals surface area contributed by atoms with Gasteiger partial charge in [0.25, 0.3) is 0 Å². The van der Waals surface area contributed by atoms with Crippen LogP contribution in [0.15, 0.2) is 30.3 Å². The molecule has 2 heterocycles. The van der Waals surface area contributed by atoms with E-state index in [0.29, 0.717) is 22.1 Å². The number of nitrogens with one attached hydrogen (secondary N) is 1. The first-order valence-electron chi connectivity index (χ1n) is 6.25. The zero-order valence-electron chi connectivity index (χ0n) is 10.5. The van der Waals surface area contributed by atoms with Gasteiger partial charge in [-0.25, -0.2) is 15.0 Å². The molecule has 0 saturated heterocycles. The van der Waals surface area contributed by atoms with Gasteiger partial charge in [0.15, 0.2) is 16.6 Å². The molecule has 5 heteroatoms. The molecule has 0 radical (unpaired) electrons. The monoisotopic (exact) mass is 272 g/mol. The lowest BCUT2D eigenvalue weighted by molar-refractivity contribution is 0.860. The van der Waals surface area contributed by atoms with Gasteiger partial charge in [0.05, 0.1) is 0 Å². The Morgan fingerprint density at radius 3 is 2.63 bits per heavy atom. The molecular weight excluding hydrogens is 260 g/mol. The van der Waals surface area contributed by atoms with Gasteiger partial charge in [0.1, 0.15) is 11.3 Å². The van der Waals surface area contributed by atoms with Crippen LogP contribution in [-0.4, -0.2) is 19.9 Å². The Morgan fingerprint density at radius 2 is 1.89 bits per heavy atom. The van der Waals surface area contributed by atoms with Crippen molar-refractivity contribution >= 4 is 22.8 Å². The van der Waals surface area contributed by atoms with Crippen LogP contribution in [0.4, 0.5) is 0 Å². The zero-order chi connectivity index (χ0) is 13.2. The number of fused-ring (bicyclic) bond motifs is 1. The van der Waals surface area contributed by atoms with Crippen molar-refractivity contribution in [3.05, 3.63) is 41.3 Å². The van der Waals surface area contributed by atoms with Gasteiger partial charge >= 0.3 is 0 Å². The summed E-state index contributed by atoms with van der Waals surface area (Å²) in [6.07, 6.45) is 1.91. The highest BCUT2D eigenvalue weighted by Gasteiger charge is 2.11. The first-order chi connectivity index (χ1) is 9.28. The van der Waals surface area contributed by atoms with Gasteiger partial charge < -0.3 is 4.98 Å². The molecule has 3 rings (SSSR count). The number of rotatable bonds is 3. The van der Waals surface area contributed by atoms with Gasteiger partial charge in [0, 0.05) is 12.0 Å². The van der Waals surface area contributed by atoms with E-state index in [1.54, 1.807) is 0 Å². The fraction of sp³-hybridized carbons (Fsp3) is 0.214. The SMILES string of the molecule is CCCc1nc2nc(-c3ccccc3)nc(Cl)c2[nH]1. The Labute approximate surface area is 115 Å². The maximum Gasteiger partial charge on any atom is 0.183 e. The predicted molar refractivity (Wildman–Crippen MR) is 76.1 cm³/mol. The summed E-state index contributed by atoms with van der Waals surface area (Å²) in [6, 6.07) is 9.76. The Kier molecular flexibility index (Phi) is 3.17. The summed E-state index contributed by atoms with van der Waals surface area (Å²) in [5.74, 6) is 1.51. The van der Waals surface area contributed by atoms with Crippen molar-refractivity contribution in [2.75, 3.05) is 0 Å². The molecule has 1 N–H and O–H groups in total. The van der Waals surface area contributed by atoms with Crippen LogP contribution in [-0.2, 0) is 6.42 Å². The third-order valence-corrected chi connectivity index (χ3v) is 3.15. The maximum absolute atomic E-state index is 6.20. The fourth-order valence-corrected chi connectivity index (χ4v) is 2.19. The second-order valence-corrected chi connectivity index (χ2v) is 4.69. The van der Waals surface area contributed by atoms with Crippen molar-refractivity contribution in [1.82, 2.24) is 19.9 Å². The van der Waals surface area contributed by atoms with Crippen molar-refractivity contribution < 1.29 is 0 Å². The zero-order valence-corrected chi connectivity index (χ0v) is 11.3. The number of imidazole rings is 1. The quantitative estimate of drug-likeness (QED) is 0.741. The second-order valence-electron chi connectivity index (χ2n) is 4.34.